The average molecular weight is 264 g/mol. The van der Waals surface area contributed by atoms with Gasteiger partial charge in [0.2, 0.25) is 0 Å². The minimum absolute atomic E-state index is 0.0527. The van der Waals surface area contributed by atoms with Crippen LogP contribution >= 0.6 is 0 Å². The van der Waals surface area contributed by atoms with Crippen LogP contribution in [0, 0.1) is 0 Å². The molecule has 0 spiro atoms. The monoisotopic (exact) mass is 264 g/mol. The summed E-state index contributed by atoms with van der Waals surface area (Å²) in [6.45, 7) is 3.96. The molecule has 1 N–H and O–H groups in total. The zero-order valence-corrected chi connectivity index (χ0v) is 11.4. The maximum Gasteiger partial charge on any atom is 0.323 e. The van der Waals surface area contributed by atoms with E-state index in [4.69, 9.17) is 5.11 Å². The summed E-state index contributed by atoms with van der Waals surface area (Å²) >= 11 is 0. The largest absolute Gasteiger partial charge is 0.480 e. The molecule has 2 heterocycles. The second-order valence-electron chi connectivity index (χ2n) is 5.12. The maximum atomic E-state index is 12.6. The van der Waals surface area contributed by atoms with Crippen LogP contribution in [0.15, 0.2) is 18.3 Å². The van der Waals surface area contributed by atoms with Crippen molar-refractivity contribution >= 4 is 11.9 Å². The molecule has 1 aliphatic heterocycles. The highest BCUT2D eigenvalue weighted by atomic mass is 16.4. The highest BCUT2D eigenvalue weighted by Gasteiger charge is 2.34. The molecule has 1 aliphatic rings. The highest BCUT2D eigenvalue weighted by Crippen LogP contribution is 2.27. The van der Waals surface area contributed by atoms with Gasteiger partial charge in [0.15, 0.2) is 0 Å². The topological polar surface area (TPSA) is 62.5 Å². The first kappa shape index (κ1) is 13.6. The number of carbonyl (C=O) groups excluding carboxylic acids is 1. The van der Waals surface area contributed by atoms with Crippen LogP contribution in [0.4, 0.5) is 0 Å². The van der Waals surface area contributed by atoms with Crippen LogP contribution in [-0.4, -0.2) is 38.5 Å². The zero-order chi connectivity index (χ0) is 14.0. The van der Waals surface area contributed by atoms with Gasteiger partial charge in [-0.05, 0) is 38.3 Å². The van der Waals surface area contributed by atoms with Crippen LogP contribution in [0.3, 0.4) is 0 Å². The standard InChI is InChI=1S/C14H20N2O3/c1-3-11-7-6-10(2)16(11)14(19)12-5-4-8-15(12)9-13(17)18/h4-5,8,10-11H,3,6-7,9H2,1-2H3,(H,17,18). The molecule has 1 fully saturated rings. The first-order valence-electron chi connectivity index (χ1n) is 6.74. The zero-order valence-electron chi connectivity index (χ0n) is 11.4. The van der Waals surface area contributed by atoms with Crippen LogP contribution < -0.4 is 0 Å². The number of carboxylic acids is 1. The number of nitrogens with zero attached hydrogens (tertiary/aromatic N) is 2. The Morgan fingerprint density at radius 2 is 2.16 bits per heavy atom. The van der Waals surface area contributed by atoms with Gasteiger partial charge in [0.1, 0.15) is 12.2 Å². The van der Waals surface area contributed by atoms with Gasteiger partial charge < -0.3 is 14.6 Å². The molecule has 0 radical (unpaired) electrons. The molecule has 5 heteroatoms. The summed E-state index contributed by atoms with van der Waals surface area (Å²) < 4.78 is 1.50. The van der Waals surface area contributed by atoms with E-state index in [0.717, 1.165) is 19.3 Å². The van der Waals surface area contributed by atoms with Crippen molar-refractivity contribution in [2.45, 2.75) is 51.7 Å². The van der Waals surface area contributed by atoms with E-state index in [2.05, 4.69) is 13.8 Å². The molecule has 19 heavy (non-hydrogen) atoms. The summed E-state index contributed by atoms with van der Waals surface area (Å²) in [5.41, 5.74) is 0.467. The number of aliphatic carboxylic acids is 1. The minimum Gasteiger partial charge on any atom is -0.480 e. The molecule has 1 aromatic heterocycles. The van der Waals surface area contributed by atoms with Gasteiger partial charge in [-0.25, -0.2) is 0 Å². The quantitative estimate of drug-likeness (QED) is 0.904. The van der Waals surface area contributed by atoms with Crippen molar-refractivity contribution in [3.8, 4) is 0 Å². The molecule has 0 bridgehead atoms. The summed E-state index contributed by atoms with van der Waals surface area (Å²) in [5, 5.41) is 8.86. The van der Waals surface area contributed by atoms with Gasteiger partial charge in [-0.3, -0.25) is 9.59 Å². The van der Waals surface area contributed by atoms with E-state index in [1.807, 2.05) is 4.90 Å². The van der Waals surface area contributed by atoms with Gasteiger partial charge in [-0.1, -0.05) is 6.92 Å². The Morgan fingerprint density at radius 3 is 2.79 bits per heavy atom. The molecule has 2 unspecified atom stereocenters. The van der Waals surface area contributed by atoms with E-state index in [1.165, 1.54) is 4.57 Å². The fraction of sp³-hybridized carbons (Fsp3) is 0.571. The van der Waals surface area contributed by atoms with Crippen LogP contribution in [0.2, 0.25) is 0 Å². The van der Waals surface area contributed by atoms with Crippen molar-refractivity contribution in [3.05, 3.63) is 24.0 Å². The number of carbonyl (C=O) groups is 2. The summed E-state index contributed by atoms with van der Waals surface area (Å²) in [7, 11) is 0. The van der Waals surface area contributed by atoms with E-state index in [1.54, 1.807) is 18.3 Å². The molecule has 0 aromatic carbocycles. The van der Waals surface area contributed by atoms with Crippen LogP contribution in [-0.2, 0) is 11.3 Å². The Bertz CT molecular complexity index is 481. The first-order chi connectivity index (χ1) is 9.04. The van der Waals surface area contributed by atoms with Crippen molar-refractivity contribution in [1.82, 2.24) is 9.47 Å². The predicted molar refractivity (Wildman–Crippen MR) is 71.0 cm³/mol. The van der Waals surface area contributed by atoms with Gasteiger partial charge in [0.05, 0.1) is 0 Å². The molecule has 2 rings (SSSR count). The van der Waals surface area contributed by atoms with E-state index in [-0.39, 0.29) is 24.5 Å². The first-order valence-corrected chi connectivity index (χ1v) is 6.74. The van der Waals surface area contributed by atoms with Gasteiger partial charge in [0, 0.05) is 18.3 Å². The lowest BCUT2D eigenvalue weighted by molar-refractivity contribution is -0.137. The third kappa shape index (κ3) is 2.64. The molecule has 0 saturated carbocycles. The summed E-state index contributed by atoms with van der Waals surface area (Å²) in [6.07, 6.45) is 4.63. The number of hydrogen-bond donors (Lipinski definition) is 1. The number of likely N-dealkylation sites (tertiary alicyclic amines) is 1. The number of hydrogen-bond acceptors (Lipinski definition) is 2. The molecule has 5 nitrogen and oxygen atoms in total. The third-order valence-electron chi connectivity index (χ3n) is 3.85. The van der Waals surface area contributed by atoms with Crippen molar-refractivity contribution in [2.24, 2.45) is 0 Å². The highest BCUT2D eigenvalue weighted by molar-refractivity contribution is 5.93. The van der Waals surface area contributed by atoms with Crippen molar-refractivity contribution in [1.29, 1.82) is 0 Å². The Hall–Kier alpha value is -1.78. The average Bonchev–Trinajstić information content (AvgIpc) is 2.94. The van der Waals surface area contributed by atoms with Gasteiger partial charge >= 0.3 is 5.97 Å². The Balaban J connectivity index is 2.24. The van der Waals surface area contributed by atoms with Crippen LogP contribution in [0.25, 0.3) is 0 Å². The Morgan fingerprint density at radius 1 is 1.42 bits per heavy atom. The van der Waals surface area contributed by atoms with E-state index >= 15 is 0 Å². The normalized spacial score (nSPS) is 22.7. The second-order valence-corrected chi connectivity index (χ2v) is 5.12. The lowest BCUT2D eigenvalue weighted by Gasteiger charge is -2.28. The fourth-order valence-corrected chi connectivity index (χ4v) is 2.86. The Kier molecular flexibility index (Phi) is 3.93. The Labute approximate surface area is 112 Å². The van der Waals surface area contributed by atoms with E-state index in [9.17, 15) is 9.59 Å². The smallest absolute Gasteiger partial charge is 0.323 e. The van der Waals surface area contributed by atoms with Crippen molar-refractivity contribution < 1.29 is 14.7 Å². The number of aromatic nitrogens is 1. The second kappa shape index (κ2) is 5.47. The molecule has 104 valence electrons. The number of rotatable bonds is 4. The van der Waals surface area contributed by atoms with Gasteiger partial charge in [-0.2, -0.15) is 0 Å². The molecular weight excluding hydrogens is 244 g/mol. The number of amides is 1. The summed E-state index contributed by atoms with van der Waals surface area (Å²) in [4.78, 5) is 25.3. The lowest BCUT2D eigenvalue weighted by atomic mass is 10.1. The predicted octanol–water partition coefficient (Wildman–Crippen LogP) is 1.98. The van der Waals surface area contributed by atoms with E-state index in [0.29, 0.717) is 5.69 Å². The molecule has 0 aliphatic carbocycles. The summed E-state index contributed by atoms with van der Waals surface area (Å²) in [6, 6.07) is 3.92. The van der Waals surface area contributed by atoms with Crippen LogP contribution in [0.5, 0.6) is 0 Å². The number of carboxylic acid groups (broad SMARTS) is 1. The molecule has 2 atom stereocenters. The SMILES string of the molecule is CCC1CCC(C)N1C(=O)c1cccn1CC(=O)O. The van der Waals surface area contributed by atoms with Crippen LogP contribution in [0.1, 0.15) is 43.6 Å². The van der Waals surface area contributed by atoms with Crippen molar-refractivity contribution in [2.75, 3.05) is 0 Å². The summed E-state index contributed by atoms with van der Waals surface area (Å²) in [5.74, 6) is -0.991. The maximum absolute atomic E-state index is 12.6. The van der Waals surface area contributed by atoms with Gasteiger partial charge in [-0.15, -0.1) is 0 Å². The van der Waals surface area contributed by atoms with Crippen molar-refractivity contribution in [3.63, 3.8) is 0 Å². The molecule has 1 amide bonds. The fourth-order valence-electron chi connectivity index (χ4n) is 2.86. The van der Waals surface area contributed by atoms with Gasteiger partial charge in [0.25, 0.3) is 5.91 Å². The molecular formula is C14H20N2O3. The third-order valence-corrected chi connectivity index (χ3v) is 3.85. The van der Waals surface area contributed by atoms with E-state index < -0.39 is 5.97 Å². The minimum atomic E-state index is -0.938. The molecule has 1 aromatic rings. The lowest BCUT2D eigenvalue weighted by Crippen LogP contribution is -2.40. The molecule has 1 saturated heterocycles.